The summed E-state index contributed by atoms with van der Waals surface area (Å²) < 4.78 is 9.20. The molecule has 0 amide bonds. The molecule has 0 aliphatic rings. The van der Waals surface area contributed by atoms with Crippen molar-refractivity contribution in [3.63, 3.8) is 0 Å². The van der Waals surface area contributed by atoms with Crippen molar-refractivity contribution >= 4 is 11.7 Å². The normalized spacial score (nSPS) is 8.62. The first-order valence-electron chi connectivity index (χ1n) is 4.71. The van der Waals surface area contributed by atoms with E-state index in [9.17, 15) is 4.79 Å². The Labute approximate surface area is 94.6 Å². The zero-order valence-electron chi connectivity index (χ0n) is 9.24. The van der Waals surface area contributed by atoms with E-state index in [4.69, 9.17) is 0 Å². The maximum Gasteiger partial charge on any atom is 0.337 e. The number of anilines is 1. The Kier molecular flexibility index (Phi) is 4.74. The second kappa shape index (κ2) is 6.36. The molecule has 1 aromatic carbocycles. The zero-order valence-corrected chi connectivity index (χ0v) is 9.24. The van der Waals surface area contributed by atoms with Crippen LogP contribution in [0.15, 0.2) is 24.3 Å². The zero-order chi connectivity index (χ0) is 11.8. The predicted molar refractivity (Wildman–Crippen MR) is 61.1 cm³/mol. The van der Waals surface area contributed by atoms with E-state index < -0.39 is 0 Å². The molecule has 0 radical (unpaired) electrons. The van der Waals surface area contributed by atoms with Crippen LogP contribution in [0, 0.1) is 12.0 Å². The molecule has 0 atom stereocenters. The van der Waals surface area contributed by atoms with E-state index in [1.165, 1.54) is 14.2 Å². The molecule has 0 aliphatic heterocycles. The molecule has 0 bridgehead atoms. The molecule has 0 unspecified atom stereocenters. The quantitative estimate of drug-likeness (QED) is 0.618. The van der Waals surface area contributed by atoms with E-state index >= 15 is 0 Å². The number of hydrogen-bond acceptors (Lipinski definition) is 4. The van der Waals surface area contributed by atoms with Crippen molar-refractivity contribution in [2.24, 2.45) is 0 Å². The monoisotopic (exact) mass is 219 g/mol. The van der Waals surface area contributed by atoms with E-state index in [1.54, 1.807) is 18.2 Å². The van der Waals surface area contributed by atoms with Gasteiger partial charge >= 0.3 is 5.97 Å². The van der Waals surface area contributed by atoms with Crippen LogP contribution in [-0.2, 0) is 9.47 Å². The Morgan fingerprint density at radius 2 is 2.25 bits per heavy atom. The molecule has 0 spiro atoms. The first-order chi connectivity index (χ1) is 7.77. The summed E-state index contributed by atoms with van der Waals surface area (Å²) in [4.78, 5) is 11.2. The topological polar surface area (TPSA) is 47.6 Å². The second-order valence-corrected chi connectivity index (χ2v) is 2.91. The smallest absolute Gasteiger partial charge is 0.337 e. The van der Waals surface area contributed by atoms with Crippen LogP contribution < -0.4 is 5.32 Å². The number of esters is 1. The van der Waals surface area contributed by atoms with Gasteiger partial charge in [-0.15, -0.1) is 0 Å². The number of benzene rings is 1. The standard InChI is InChI=1S/C12H13NO3/c1-15-8-4-7-13-11-6-3-5-10(9-11)12(14)16-2/h3,5-6,9,13H,7H2,1-2H3. The second-order valence-electron chi connectivity index (χ2n) is 2.91. The van der Waals surface area contributed by atoms with E-state index in [2.05, 4.69) is 26.8 Å². The van der Waals surface area contributed by atoms with E-state index in [-0.39, 0.29) is 5.97 Å². The Morgan fingerprint density at radius 1 is 1.44 bits per heavy atom. The predicted octanol–water partition coefficient (Wildman–Crippen LogP) is 1.49. The number of carbonyl (C=O) groups excluding carboxylic acids is 1. The van der Waals surface area contributed by atoms with Gasteiger partial charge in [0.1, 0.15) is 6.11 Å². The lowest BCUT2D eigenvalue weighted by Gasteiger charge is -2.04. The highest BCUT2D eigenvalue weighted by molar-refractivity contribution is 5.90. The fourth-order valence-electron chi connectivity index (χ4n) is 1.13. The lowest BCUT2D eigenvalue weighted by atomic mass is 10.2. The van der Waals surface area contributed by atoms with Crippen LogP contribution in [0.4, 0.5) is 5.69 Å². The van der Waals surface area contributed by atoms with Gasteiger partial charge in [0.2, 0.25) is 0 Å². The van der Waals surface area contributed by atoms with E-state index in [1.807, 2.05) is 6.07 Å². The Bertz CT molecular complexity index is 418. The molecule has 0 heterocycles. The summed E-state index contributed by atoms with van der Waals surface area (Å²) >= 11 is 0. The van der Waals surface area contributed by atoms with Gasteiger partial charge in [0, 0.05) is 5.69 Å². The van der Waals surface area contributed by atoms with Crippen molar-refractivity contribution in [2.45, 2.75) is 0 Å². The Morgan fingerprint density at radius 3 is 2.94 bits per heavy atom. The van der Waals surface area contributed by atoms with Crippen molar-refractivity contribution in [1.82, 2.24) is 0 Å². The maximum absolute atomic E-state index is 11.2. The van der Waals surface area contributed by atoms with Gasteiger partial charge in [-0.2, -0.15) is 0 Å². The fraction of sp³-hybridized carbons (Fsp3) is 0.250. The Balaban J connectivity index is 2.64. The number of hydrogen-bond donors (Lipinski definition) is 1. The molecule has 1 aromatic rings. The third kappa shape index (κ3) is 3.54. The van der Waals surface area contributed by atoms with Gasteiger partial charge in [-0.3, -0.25) is 0 Å². The van der Waals surface area contributed by atoms with Crippen LogP contribution in [-0.4, -0.2) is 26.7 Å². The van der Waals surface area contributed by atoms with Gasteiger partial charge in [-0.1, -0.05) is 6.07 Å². The number of nitrogens with one attached hydrogen (secondary N) is 1. The molecule has 0 saturated carbocycles. The molecule has 4 nitrogen and oxygen atoms in total. The molecule has 0 aromatic heterocycles. The van der Waals surface area contributed by atoms with Crippen LogP contribution in [0.25, 0.3) is 0 Å². The van der Waals surface area contributed by atoms with Gasteiger partial charge in [0.25, 0.3) is 0 Å². The summed E-state index contributed by atoms with van der Waals surface area (Å²) in [6, 6.07) is 7.03. The van der Waals surface area contributed by atoms with Crippen LogP contribution in [0.3, 0.4) is 0 Å². The van der Waals surface area contributed by atoms with E-state index in [0.29, 0.717) is 12.1 Å². The van der Waals surface area contributed by atoms with Gasteiger partial charge in [0.15, 0.2) is 0 Å². The van der Waals surface area contributed by atoms with Gasteiger partial charge < -0.3 is 14.8 Å². The van der Waals surface area contributed by atoms with Gasteiger partial charge in [-0.25, -0.2) is 4.79 Å². The minimum atomic E-state index is -0.355. The molecule has 4 heteroatoms. The number of carbonyl (C=O) groups is 1. The van der Waals surface area contributed by atoms with E-state index in [0.717, 1.165) is 5.69 Å². The summed E-state index contributed by atoms with van der Waals surface area (Å²) in [5.41, 5.74) is 1.32. The number of methoxy groups -OCH3 is 2. The number of ether oxygens (including phenoxy) is 2. The highest BCUT2D eigenvalue weighted by atomic mass is 16.5. The largest absolute Gasteiger partial charge is 0.465 e. The molecule has 16 heavy (non-hydrogen) atoms. The third-order valence-electron chi connectivity index (χ3n) is 1.84. The van der Waals surface area contributed by atoms with Crippen LogP contribution in [0.5, 0.6) is 0 Å². The lowest BCUT2D eigenvalue weighted by molar-refractivity contribution is 0.0601. The van der Waals surface area contributed by atoms with Crippen molar-refractivity contribution in [3.05, 3.63) is 29.8 Å². The molecular formula is C12H13NO3. The summed E-state index contributed by atoms with van der Waals surface area (Å²) in [5.74, 6) is 2.39. The molecule has 1 N–H and O–H groups in total. The molecular weight excluding hydrogens is 206 g/mol. The summed E-state index contributed by atoms with van der Waals surface area (Å²) in [6.45, 7) is 0.457. The summed E-state index contributed by atoms with van der Waals surface area (Å²) in [5, 5.41) is 3.04. The average Bonchev–Trinajstić information content (AvgIpc) is 2.34. The van der Waals surface area contributed by atoms with Crippen molar-refractivity contribution in [2.75, 3.05) is 26.1 Å². The molecule has 0 fully saturated rings. The third-order valence-corrected chi connectivity index (χ3v) is 1.84. The minimum absolute atomic E-state index is 0.355. The first-order valence-corrected chi connectivity index (χ1v) is 4.71. The molecule has 0 aliphatic carbocycles. The maximum atomic E-state index is 11.2. The highest BCUT2D eigenvalue weighted by Crippen LogP contribution is 2.10. The van der Waals surface area contributed by atoms with Crippen LogP contribution in [0.2, 0.25) is 0 Å². The Hall–Kier alpha value is -2.15. The van der Waals surface area contributed by atoms with Crippen molar-refractivity contribution in [1.29, 1.82) is 0 Å². The van der Waals surface area contributed by atoms with Gasteiger partial charge in [-0.05, 0) is 24.1 Å². The highest BCUT2D eigenvalue weighted by Gasteiger charge is 2.04. The fourth-order valence-corrected chi connectivity index (χ4v) is 1.13. The van der Waals surface area contributed by atoms with Crippen LogP contribution >= 0.6 is 0 Å². The molecule has 84 valence electrons. The number of rotatable bonds is 3. The van der Waals surface area contributed by atoms with Crippen molar-refractivity contribution in [3.8, 4) is 12.0 Å². The summed E-state index contributed by atoms with van der Waals surface area (Å²) in [7, 11) is 2.86. The summed E-state index contributed by atoms with van der Waals surface area (Å²) in [6.07, 6.45) is 2.46. The minimum Gasteiger partial charge on any atom is -0.465 e. The van der Waals surface area contributed by atoms with Crippen molar-refractivity contribution < 1.29 is 14.3 Å². The SMILES string of the molecule is COC#CCNc1cccc(C(=O)OC)c1. The molecule has 0 saturated heterocycles. The average molecular weight is 219 g/mol. The van der Waals surface area contributed by atoms with Crippen LogP contribution in [0.1, 0.15) is 10.4 Å². The first kappa shape index (κ1) is 11.9. The molecule has 1 rings (SSSR count). The lowest BCUT2D eigenvalue weighted by Crippen LogP contribution is -2.03. The van der Waals surface area contributed by atoms with Gasteiger partial charge in [0.05, 0.1) is 26.3 Å².